The Hall–Kier alpha value is -2.04. The maximum absolute atomic E-state index is 9.32. The molecule has 0 aromatic heterocycles. The summed E-state index contributed by atoms with van der Waals surface area (Å²) in [4.78, 5) is 2.80. The Balaban J connectivity index is 2.16. The van der Waals surface area contributed by atoms with E-state index in [1.165, 1.54) is 11.1 Å². The highest BCUT2D eigenvalue weighted by Gasteiger charge is 2.05. The molecule has 0 radical (unpaired) electrons. The number of nitrogens with one attached hydrogen (secondary N) is 1. The van der Waals surface area contributed by atoms with Gasteiger partial charge in [-0.2, -0.15) is 5.26 Å². The average Bonchev–Trinajstić information content (AvgIpc) is 2.67. The number of anilines is 1. The van der Waals surface area contributed by atoms with Gasteiger partial charge < -0.3 is 15.1 Å². The fourth-order valence-electron chi connectivity index (χ4n) is 2.64. The molecule has 0 bridgehead atoms. The van der Waals surface area contributed by atoms with E-state index in [9.17, 15) is 10.4 Å². The summed E-state index contributed by atoms with van der Waals surface area (Å²) in [5, 5.41) is 29.7. The van der Waals surface area contributed by atoms with Crippen molar-refractivity contribution in [2.45, 2.75) is 20.0 Å². The van der Waals surface area contributed by atoms with Crippen LogP contribution < -0.4 is 9.62 Å². The van der Waals surface area contributed by atoms with E-state index >= 15 is 0 Å². The Morgan fingerprint density at radius 1 is 1.23 bits per heavy atom. The molecule has 3 N–H and O–H groups in total. The van der Waals surface area contributed by atoms with Gasteiger partial charge in [0.1, 0.15) is 11.0 Å². The highest BCUT2D eigenvalue weighted by Crippen LogP contribution is 2.25. The summed E-state index contributed by atoms with van der Waals surface area (Å²) in [6.45, 7) is 6.16. The minimum Gasteiger partial charge on any atom is -0.394 e. The molecule has 138 valence electrons. The first kappa shape index (κ1) is 20.3. The third-order valence-electron chi connectivity index (χ3n) is 4.10. The maximum Gasteiger partial charge on any atom is 0.107 e. The van der Waals surface area contributed by atoms with Gasteiger partial charge in [0, 0.05) is 25.3 Å². The lowest BCUT2D eigenvalue weighted by Crippen LogP contribution is -2.25. The van der Waals surface area contributed by atoms with Crippen molar-refractivity contribution in [3.63, 3.8) is 0 Å². The summed E-state index contributed by atoms with van der Waals surface area (Å²) in [7, 11) is 0. The largest absolute Gasteiger partial charge is 0.394 e. The first-order chi connectivity index (χ1) is 12.6. The number of nitrogens with zero attached hydrogens (tertiary/aromatic N) is 2. The van der Waals surface area contributed by atoms with Gasteiger partial charge in [-0.05, 0) is 66.4 Å². The van der Waals surface area contributed by atoms with Gasteiger partial charge in [0.2, 0.25) is 0 Å². The van der Waals surface area contributed by atoms with Gasteiger partial charge in [-0.15, -0.1) is 0 Å². The summed E-state index contributed by atoms with van der Waals surface area (Å²) in [6.07, 6.45) is 0.976. The molecule has 0 amide bonds. The van der Waals surface area contributed by atoms with E-state index in [1.54, 1.807) is 6.08 Å². The highest BCUT2D eigenvalue weighted by molar-refractivity contribution is 8.01. The zero-order valence-corrected chi connectivity index (χ0v) is 16.0. The van der Waals surface area contributed by atoms with Crippen molar-refractivity contribution >= 4 is 34.5 Å². The molecular formula is C20H25N3O2S. The monoisotopic (exact) mass is 371 g/mol. The summed E-state index contributed by atoms with van der Waals surface area (Å²) in [5.41, 5.74) is 2.16. The SMILES string of the molecule is CCN(CC)c1ccc2cc(/C=C(\C#N)SNCC(O)CO)ccc2c1. The molecule has 1 atom stereocenters. The second-order valence-corrected chi connectivity index (χ2v) is 6.80. The number of aliphatic hydroxyl groups is 2. The van der Waals surface area contributed by atoms with Crippen molar-refractivity contribution in [2.75, 3.05) is 31.1 Å². The fourth-order valence-corrected chi connectivity index (χ4v) is 3.31. The van der Waals surface area contributed by atoms with Crippen molar-refractivity contribution in [3.8, 4) is 6.07 Å². The van der Waals surface area contributed by atoms with Crippen LogP contribution in [-0.4, -0.2) is 42.6 Å². The summed E-state index contributed by atoms with van der Waals surface area (Å²) < 4.78 is 2.89. The molecule has 0 aliphatic rings. The lowest BCUT2D eigenvalue weighted by Gasteiger charge is -2.21. The lowest BCUT2D eigenvalue weighted by molar-refractivity contribution is 0.0994. The van der Waals surface area contributed by atoms with Crippen molar-refractivity contribution in [1.29, 1.82) is 5.26 Å². The number of rotatable bonds is 9. The van der Waals surface area contributed by atoms with E-state index in [0.717, 1.165) is 36.0 Å². The molecule has 2 aromatic carbocycles. The number of hydrogen-bond donors (Lipinski definition) is 3. The van der Waals surface area contributed by atoms with Crippen LogP contribution in [0.5, 0.6) is 0 Å². The normalized spacial score (nSPS) is 12.8. The third-order valence-corrected chi connectivity index (χ3v) is 4.84. The second kappa shape index (κ2) is 10.2. The van der Waals surface area contributed by atoms with Gasteiger partial charge in [-0.3, -0.25) is 4.72 Å². The topological polar surface area (TPSA) is 79.5 Å². The molecule has 0 saturated carbocycles. The van der Waals surface area contributed by atoms with E-state index in [0.29, 0.717) is 4.91 Å². The Labute approximate surface area is 159 Å². The van der Waals surface area contributed by atoms with Crippen LogP contribution in [0.1, 0.15) is 19.4 Å². The van der Waals surface area contributed by atoms with Gasteiger partial charge in [0.05, 0.1) is 12.7 Å². The number of benzene rings is 2. The van der Waals surface area contributed by atoms with Gasteiger partial charge >= 0.3 is 0 Å². The predicted molar refractivity (Wildman–Crippen MR) is 110 cm³/mol. The molecule has 6 heteroatoms. The molecule has 2 rings (SSSR count). The van der Waals surface area contributed by atoms with Crippen LogP contribution in [0.25, 0.3) is 16.8 Å². The van der Waals surface area contributed by atoms with Gasteiger partial charge in [0.25, 0.3) is 0 Å². The first-order valence-electron chi connectivity index (χ1n) is 8.70. The molecule has 0 fully saturated rings. The highest BCUT2D eigenvalue weighted by atomic mass is 32.2. The second-order valence-electron chi connectivity index (χ2n) is 5.87. The quantitative estimate of drug-likeness (QED) is 0.464. The molecule has 0 spiro atoms. The summed E-state index contributed by atoms with van der Waals surface area (Å²) in [5.74, 6) is 0. The van der Waals surface area contributed by atoms with Gasteiger partial charge in [-0.1, -0.05) is 18.2 Å². The van der Waals surface area contributed by atoms with Crippen molar-refractivity contribution < 1.29 is 10.2 Å². The third kappa shape index (κ3) is 5.48. The van der Waals surface area contributed by atoms with Crippen molar-refractivity contribution in [1.82, 2.24) is 4.72 Å². The number of aliphatic hydroxyl groups excluding tert-OH is 2. The Kier molecular flexibility index (Phi) is 7.95. The minimum atomic E-state index is -0.830. The molecule has 2 aromatic rings. The molecule has 1 unspecified atom stereocenters. The van der Waals surface area contributed by atoms with Crippen LogP contribution in [0, 0.1) is 11.3 Å². The van der Waals surface area contributed by atoms with Crippen LogP contribution in [0.2, 0.25) is 0 Å². The number of hydrogen-bond acceptors (Lipinski definition) is 6. The molecule has 26 heavy (non-hydrogen) atoms. The number of nitriles is 1. The fraction of sp³-hybridized carbons (Fsp3) is 0.350. The Bertz CT molecular complexity index is 797. The number of allylic oxidation sites excluding steroid dienone is 1. The molecule has 5 nitrogen and oxygen atoms in total. The van der Waals surface area contributed by atoms with Crippen LogP contribution in [0.3, 0.4) is 0 Å². The van der Waals surface area contributed by atoms with E-state index in [2.05, 4.69) is 59.9 Å². The van der Waals surface area contributed by atoms with E-state index < -0.39 is 6.10 Å². The summed E-state index contributed by atoms with van der Waals surface area (Å²) in [6, 6.07) is 14.7. The van der Waals surface area contributed by atoms with E-state index in [1.807, 2.05) is 6.07 Å². The van der Waals surface area contributed by atoms with Crippen molar-refractivity contribution in [3.05, 3.63) is 46.9 Å². The first-order valence-corrected chi connectivity index (χ1v) is 9.52. The zero-order chi connectivity index (χ0) is 18.9. The minimum absolute atomic E-state index is 0.214. The Morgan fingerprint density at radius 3 is 2.58 bits per heavy atom. The smallest absolute Gasteiger partial charge is 0.107 e. The van der Waals surface area contributed by atoms with Crippen molar-refractivity contribution in [2.24, 2.45) is 0 Å². The molecular weight excluding hydrogens is 346 g/mol. The zero-order valence-electron chi connectivity index (χ0n) is 15.1. The maximum atomic E-state index is 9.32. The van der Waals surface area contributed by atoms with E-state index in [-0.39, 0.29) is 13.2 Å². The average molecular weight is 372 g/mol. The van der Waals surface area contributed by atoms with Crippen LogP contribution in [-0.2, 0) is 0 Å². The predicted octanol–water partition coefficient (Wildman–Crippen LogP) is 3.14. The lowest BCUT2D eigenvalue weighted by atomic mass is 10.1. The standard InChI is InChI=1S/C20H25N3O2S/c1-3-23(4-2)18-8-7-16-9-15(5-6-17(16)11-18)10-20(12-21)26-22-13-19(25)14-24/h5-11,19,22,24-25H,3-4,13-14H2,1-2H3/b20-10+. The molecule has 0 aliphatic carbocycles. The molecule has 0 aliphatic heterocycles. The van der Waals surface area contributed by atoms with E-state index in [4.69, 9.17) is 5.11 Å². The Morgan fingerprint density at radius 2 is 1.92 bits per heavy atom. The van der Waals surface area contributed by atoms with Crippen LogP contribution >= 0.6 is 11.9 Å². The van der Waals surface area contributed by atoms with Gasteiger partial charge in [-0.25, -0.2) is 0 Å². The van der Waals surface area contributed by atoms with Crippen LogP contribution in [0.15, 0.2) is 41.3 Å². The molecule has 0 saturated heterocycles. The summed E-state index contributed by atoms with van der Waals surface area (Å²) >= 11 is 1.15. The number of fused-ring (bicyclic) bond motifs is 1. The van der Waals surface area contributed by atoms with Crippen LogP contribution in [0.4, 0.5) is 5.69 Å². The van der Waals surface area contributed by atoms with Gasteiger partial charge in [0.15, 0.2) is 0 Å². The molecule has 0 heterocycles.